The highest BCUT2D eigenvalue weighted by molar-refractivity contribution is 6.19. The van der Waals surface area contributed by atoms with E-state index in [4.69, 9.17) is 16.3 Å². The lowest BCUT2D eigenvalue weighted by molar-refractivity contribution is 0.257. The number of hydrogen-bond donors (Lipinski definition) is 1. The Hall–Kier alpha value is -2.59. The molecule has 4 heteroatoms. The molecule has 0 heterocycles. The summed E-state index contributed by atoms with van der Waals surface area (Å²) in [6, 6.07) is 28.1. The van der Waals surface area contributed by atoms with Crippen molar-refractivity contribution in [3.8, 4) is 5.75 Å². The van der Waals surface area contributed by atoms with Crippen LogP contribution in [0.25, 0.3) is 11.1 Å². The molecule has 3 aromatic carbocycles. The van der Waals surface area contributed by atoms with Crippen LogP contribution in [0.4, 0.5) is 0 Å². The first kappa shape index (κ1) is 22.1. The number of likely N-dealkylation sites (N-methyl/N-ethyl adjacent to an activating group) is 1. The first-order valence-electron chi connectivity index (χ1n) is 10.1. The second kappa shape index (κ2) is 11.0. The molecule has 0 radical (unpaired) electrons. The molecule has 0 saturated heterocycles. The monoisotopic (exact) mass is 421 g/mol. The Morgan fingerprint density at radius 1 is 0.833 bits per heavy atom. The normalized spacial score (nSPS) is 13.1. The maximum Gasteiger partial charge on any atom is 0.119 e. The van der Waals surface area contributed by atoms with E-state index < -0.39 is 6.10 Å². The van der Waals surface area contributed by atoms with E-state index >= 15 is 0 Å². The Morgan fingerprint density at radius 2 is 1.37 bits per heavy atom. The van der Waals surface area contributed by atoms with E-state index in [2.05, 4.69) is 17.0 Å². The maximum absolute atomic E-state index is 10.9. The highest BCUT2D eigenvalue weighted by Crippen LogP contribution is 2.35. The van der Waals surface area contributed by atoms with Gasteiger partial charge >= 0.3 is 0 Å². The summed E-state index contributed by atoms with van der Waals surface area (Å²) in [5.74, 6) is 0.943. The summed E-state index contributed by atoms with van der Waals surface area (Å²) in [6.45, 7) is 1.49. The van der Waals surface area contributed by atoms with Crippen molar-refractivity contribution in [3.05, 3.63) is 102 Å². The smallest absolute Gasteiger partial charge is 0.119 e. The Kier molecular flexibility index (Phi) is 8.09. The van der Waals surface area contributed by atoms with Crippen molar-refractivity contribution in [2.45, 2.75) is 6.10 Å². The number of benzene rings is 3. The van der Waals surface area contributed by atoms with Crippen LogP contribution in [0.2, 0.25) is 0 Å². The van der Waals surface area contributed by atoms with Gasteiger partial charge in [-0.3, -0.25) is 0 Å². The average Bonchev–Trinajstić information content (AvgIpc) is 2.78. The fourth-order valence-corrected chi connectivity index (χ4v) is 3.50. The molecule has 0 bridgehead atoms. The lowest BCUT2D eigenvalue weighted by Gasteiger charge is -2.21. The maximum atomic E-state index is 10.9. The van der Waals surface area contributed by atoms with E-state index in [9.17, 15) is 5.11 Å². The van der Waals surface area contributed by atoms with Crippen LogP contribution in [-0.4, -0.2) is 49.2 Å². The van der Waals surface area contributed by atoms with E-state index in [0.29, 0.717) is 6.61 Å². The largest absolute Gasteiger partial charge is 0.492 e. The van der Waals surface area contributed by atoms with Crippen molar-refractivity contribution in [2.24, 2.45) is 0 Å². The lowest BCUT2D eigenvalue weighted by Crippen LogP contribution is -2.19. The Labute approximate surface area is 184 Å². The molecule has 0 fully saturated rings. The molecule has 1 N–H and O–H groups in total. The van der Waals surface area contributed by atoms with Crippen LogP contribution >= 0.6 is 11.6 Å². The summed E-state index contributed by atoms with van der Waals surface area (Å²) in [6.07, 6.45) is -0.791. The molecule has 1 atom stereocenters. The van der Waals surface area contributed by atoms with Crippen LogP contribution < -0.4 is 4.74 Å². The highest BCUT2D eigenvalue weighted by Gasteiger charge is 2.20. The van der Waals surface area contributed by atoms with E-state index in [0.717, 1.165) is 40.1 Å². The van der Waals surface area contributed by atoms with Gasteiger partial charge in [0.05, 0.1) is 12.0 Å². The van der Waals surface area contributed by atoms with Gasteiger partial charge in [0.2, 0.25) is 0 Å². The zero-order valence-corrected chi connectivity index (χ0v) is 18.2. The Morgan fingerprint density at radius 3 is 1.90 bits per heavy atom. The number of rotatable bonds is 9. The number of aliphatic hydroxyl groups is 1. The van der Waals surface area contributed by atoms with Gasteiger partial charge in [-0.15, -0.1) is 11.6 Å². The van der Waals surface area contributed by atoms with E-state index in [-0.39, 0.29) is 5.88 Å². The molecule has 1 unspecified atom stereocenters. The van der Waals surface area contributed by atoms with Crippen molar-refractivity contribution < 1.29 is 9.84 Å². The quantitative estimate of drug-likeness (QED) is 0.381. The molecular formula is C26H28ClNO2. The second-order valence-electron chi connectivity index (χ2n) is 7.37. The summed E-state index contributed by atoms with van der Waals surface area (Å²) in [4.78, 5) is 2.09. The molecule has 3 rings (SSSR count). The van der Waals surface area contributed by atoms with Gasteiger partial charge in [-0.25, -0.2) is 0 Å². The minimum Gasteiger partial charge on any atom is -0.492 e. The van der Waals surface area contributed by atoms with Crippen molar-refractivity contribution >= 4 is 22.7 Å². The Bertz CT molecular complexity index is 938. The van der Waals surface area contributed by atoms with Gasteiger partial charge in [0.15, 0.2) is 0 Å². The number of aliphatic hydroxyl groups excluding tert-OH is 1. The lowest BCUT2D eigenvalue weighted by atomic mass is 9.87. The van der Waals surface area contributed by atoms with E-state index in [1.54, 1.807) is 0 Å². The van der Waals surface area contributed by atoms with Crippen molar-refractivity contribution in [1.29, 1.82) is 0 Å². The van der Waals surface area contributed by atoms with Gasteiger partial charge in [-0.1, -0.05) is 72.8 Å². The second-order valence-corrected chi connectivity index (χ2v) is 7.68. The zero-order valence-electron chi connectivity index (χ0n) is 17.5. The topological polar surface area (TPSA) is 32.7 Å². The molecule has 3 aromatic rings. The molecular weight excluding hydrogens is 394 g/mol. The number of halogens is 1. The average molecular weight is 422 g/mol. The van der Waals surface area contributed by atoms with Gasteiger partial charge < -0.3 is 14.7 Å². The predicted octanol–water partition coefficient (Wildman–Crippen LogP) is 5.19. The summed E-state index contributed by atoms with van der Waals surface area (Å²) in [5.41, 5.74) is 4.77. The molecule has 0 aliphatic rings. The molecule has 0 amide bonds. The summed E-state index contributed by atoms with van der Waals surface area (Å²) >= 11 is 6.12. The third-order valence-electron chi connectivity index (χ3n) is 4.85. The fourth-order valence-electron chi connectivity index (χ4n) is 3.34. The minimum absolute atomic E-state index is 0.117. The molecule has 0 aromatic heterocycles. The van der Waals surface area contributed by atoms with Crippen LogP contribution in [0.15, 0.2) is 84.9 Å². The van der Waals surface area contributed by atoms with Gasteiger partial charge in [-0.2, -0.15) is 0 Å². The van der Waals surface area contributed by atoms with Crippen molar-refractivity contribution in [3.63, 3.8) is 0 Å². The fraction of sp³-hybridized carbons (Fsp3) is 0.231. The molecule has 0 aliphatic carbocycles. The summed E-state index contributed by atoms with van der Waals surface area (Å²) < 4.78 is 5.84. The number of hydrogen-bond acceptors (Lipinski definition) is 3. The number of alkyl halides is 1. The van der Waals surface area contributed by atoms with Crippen LogP contribution in [-0.2, 0) is 0 Å². The molecule has 0 saturated carbocycles. The van der Waals surface area contributed by atoms with Crippen LogP contribution in [0.1, 0.15) is 16.7 Å². The number of nitrogens with zero attached hydrogens (tertiary/aromatic N) is 1. The van der Waals surface area contributed by atoms with Crippen LogP contribution in [0.5, 0.6) is 5.75 Å². The molecule has 0 spiro atoms. The van der Waals surface area contributed by atoms with Crippen LogP contribution in [0.3, 0.4) is 0 Å². The summed E-state index contributed by atoms with van der Waals surface area (Å²) in [7, 11) is 4.05. The van der Waals surface area contributed by atoms with Crippen molar-refractivity contribution in [2.75, 3.05) is 33.1 Å². The van der Waals surface area contributed by atoms with E-state index in [1.165, 1.54) is 0 Å². The van der Waals surface area contributed by atoms with Gasteiger partial charge in [0.1, 0.15) is 12.4 Å². The first-order valence-corrected chi connectivity index (χ1v) is 10.6. The minimum atomic E-state index is -0.791. The third-order valence-corrected chi connectivity index (χ3v) is 5.14. The molecule has 0 aliphatic heterocycles. The van der Waals surface area contributed by atoms with Crippen LogP contribution in [0, 0.1) is 0 Å². The third kappa shape index (κ3) is 5.73. The van der Waals surface area contributed by atoms with Gasteiger partial charge in [0, 0.05) is 6.54 Å². The zero-order chi connectivity index (χ0) is 21.3. The highest BCUT2D eigenvalue weighted by atomic mass is 35.5. The SMILES string of the molecule is CN(C)CCOc1ccc(C(=C(c2ccccc2)C(O)CCl)c2ccccc2)cc1. The standard InChI is InChI=1S/C26H28ClNO2/c1-28(2)17-18-30-23-15-13-22(14-16-23)25(20-9-5-3-6-10-20)26(24(29)19-27)21-11-7-4-8-12-21/h3-16,24,29H,17-19H2,1-2H3. The summed E-state index contributed by atoms with van der Waals surface area (Å²) in [5, 5.41) is 10.9. The Balaban J connectivity index is 2.08. The van der Waals surface area contributed by atoms with Gasteiger partial charge in [-0.05, 0) is 54.1 Å². The first-order chi connectivity index (χ1) is 14.6. The van der Waals surface area contributed by atoms with Crippen molar-refractivity contribution in [1.82, 2.24) is 4.90 Å². The molecule has 30 heavy (non-hydrogen) atoms. The number of ether oxygens (including phenoxy) is 1. The molecule has 3 nitrogen and oxygen atoms in total. The predicted molar refractivity (Wildman–Crippen MR) is 126 cm³/mol. The van der Waals surface area contributed by atoms with E-state index in [1.807, 2.05) is 86.9 Å². The van der Waals surface area contributed by atoms with Gasteiger partial charge in [0.25, 0.3) is 0 Å². The molecule has 156 valence electrons.